The van der Waals surface area contributed by atoms with Crippen molar-refractivity contribution in [2.75, 3.05) is 0 Å². The molecule has 2 heterocycles. The van der Waals surface area contributed by atoms with Crippen LogP contribution in [0.15, 0.2) is 48.5 Å². The molecular formula is C22H20BClO2S. The molecule has 0 radical (unpaired) electrons. The van der Waals surface area contributed by atoms with Gasteiger partial charge in [-0.15, -0.1) is 11.3 Å². The van der Waals surface area contributed by atoms with Gasteiger partial charge in [-0.1, -0.05) is 41.9 Å². The van der Waals surface area contributed by atoms with E-state index in [9.17, 15) is 0 Å². The lowest BCUT2D eigenvalue weighted by Crippen LogP contribution is -2.41. The van der Waals surface area contributed by atoms with Crippen LogP contribution in [0.25, 0.3) is 30.9 Å². The third-order valence-electron chi connectivity index (χ3n) is 5.98. The lowest BCUT2D eigenvalue weighted by Gasteiger charge is -2.32. The Kier molecular flexibility index (Phi) is 3.70. The summed E-state index contributed by atoms with van der Waals surface area (Å²) in [4.78, 5) is 0. The minimum absolute atomic E-state index is 0.367. The number of rotatable bonds is 1. The molecule has 4 aromatic rings. The highest BCUT2D eigenvalue weighted by Crippen LogP contribution is 2.41. The smallest absolute Gasteiger partial charge is 0.399 e. The maximum Gasteiger partial charge on any atom is 0.495 e. The minimum Gasteiger partial charge on any atom is -0.399 e. The fourth-order valence-corrected chi connectivity index (χ4v) is 5.14. The SMILES string of the molecule is CC1(C)OB(c2cc3c4cc(Cl)ccc4sc3c3ccccc23)OC1(C)C. The molecule has 1 fully saturated rings. The van der Waals surface area contributed by atoms with E-state index < -0.39 is 7.12 Å². The number of hydrogen-bond donors (Lipinski definition) is 0. The first-order valence-electron chi connectivity index (χ1n) is 9.16. The van der Waals surface area contributed by atoms with Gasteiger partial charge in [0, 0.05) is 25.2 Å². The van der Waals surface area contributed by atoms with Crippen LogP contribution in [-0.4, -0.2) is 18.3 Å². The Labute approximate surface area is 168 Å². The summed E-state index contributed by atoms with van der Waals surface area (Å²) in [5.74, 6) is 0. The molecule has 0 atom stereocenters. The zero-order valence-corrected chi connectivity index (χ0v) is 17.4. The molecule has 1 saturated heterocycles. The molecule has 0 bridgehead atoms. The van der Waals surface area contributed by atoms with Gasteiger partial charge in [-0.25, -0.2) is 0 Å². The summed E-state index contributed by atoms with van der Waals surface area (Å²) < 4.78 is 15.3. The highest BCUT2D eigenvalue weighted by Gasteiger charge is 2.52. The normalized spacial score (nSPS) is 18.8. The number of halogens is 1. The van der Waals surface area contributed by atoms with Gasteiger partial charge < -0.3 is 9.31 Å². The zero-order valence-electron chi connectivity index (χ0n) is 15.8. The average Bonchev–Trinajstić information content (AvgIpc) is 3.08. The van der Waals surface area contributed by atoms with E-state index in [1.165, 1.54) is 30.9 Å². The van der Waals surface area contributed by atoms with Crippen molar-refractivity contribution in [3.8, 4) is 0 Å². The third-order valence-corrected chi connectivity index (χ3v) is 7.43. The maximum atomic E-state index is 6.37. The quantitative estimate of drug-likeness (QED) is 0.360. The molecular weight excluding hydrogens is 375 g/mol. The topological polar surface area (TPSA) is 18.5 Å². The summed E-state index contributed by atoms with van der Waals surface area (Å²) in [5, 5.41) is 5.57. The Bertz CT molecular complexity index is 1200. The summed E-state index contributed by atoms with van der Waals surface area (Å²) in [7, 11) is -0.390. The first kappa shape index (κ1) is 17.5. The van der Waals surface area contributed by atoms with Gasteiger partial charge in [0.05, 0.1) is 11.2 Å². The molecule has 0 N–H and O–H groups in total. The van der Waals surface area contributed by atoms with Crippen molar-refractivity contribution in [3.63, 3.8) is 0 Å². The average molecular weight is 395 g/mol. The molecule has 0 aliphatic carbocycles. The van der Waals surface area contributed by atoms with Gasteiger partial charge in [0.25, 0.3) is 0 Å². The number of fused-ring (bicyclic) bond motifs is 5. The summed E-state index contributed by atoms with van der Waals surface area (Å²) in [6, 6.07) is 16.9. The highest BCUT2D eigenvalue weighted by atomic mass is 35.5. The number of benzene rings is 3. The summed E-state index contributed by atoms with van der Waals surface area (Å²) in [5.41, 5.74) is 0.345. The lowest BCUT2D eigenvalue weighted by molar-refractivity contribution is 0.00578. The molecule has 5 heteroatoms. The second-order valence-corrected chi connectivity index (χ2v) is 9.71. The molecule has 0 amide bonds. The Morgan fingerprint density at radius 3 is 2.19 bits per heavy atom. The van der Waals surface area contributed by atoms with Crippen molar-refractivity contribution >= 4 is 66.5 Å². The highest BCUT2D eigenvalue weighted by molar-refractivity contribution is 7.26. The molecule has 1 aromatic heterocycles. The van der Waals surface area contributed by atoms with Crippen molar-refractivity contribution < 1.29 is 9.31 Å². The third kappa shape index (κ3) is 2.55. The Balaban J connectivity index is 1.84. The van der Waals surface area contributed by atoms with Crippen LogP contribution in [0.3, 0.4) is 0 Å². The standard InChI is InChI=1S/C22H20BClO2S/c1-21(2)22(3,4)26-23(25-21)18-12-17-16-11-13(24)9-10-19(16)27-20(17)15-8-6-5-7-14(15)18/h5-12H,1-4H3. The van der Waals surface area contributed by atoms with Gasteiger partial charge in [-0.05, 0) is 62.1 Å². The van der Waals surface area contributed by atoms with Gasteiger partial charge in [0.2, 0.25) is 0 Å². The largest absolute Gasteiger partial charge is 0.495 e. The molecule has 3 aromatic carbocycles. The van der Waals surface area contributed by atoms with Crippen LogP contribution >= 0.6 is 22.9 Å². The fourth-order valence-electron chi connectivity index (χ4n) is 3.76. The van der Waals surface area contributed by atoms with E-state index >= 15 is 0 Å². The van der Waals surface area contributed by atoms with Gasteiger partial charge in [-0.3, -0.25) is 0 Å². The Morgan fingerprint density at radius 1 is 0.815 bits per heavy atom. The second-order valence-electron chi connectivity index (χ2n) is 8.22. The van der Waals surface area contributed by atoms with E-state index in [4.69, 9.17) is 20.9 Å². The second kappa shape index (κ2) is 5.71. The molecule has 1 aliphatic rings. The first-order valence-corrected chi connectivity index (χ1v) is 10.4. The Hall–Kier alpha value is -1.59. The van der Waals surface area contributed by atoms with Crippen LogP contribution in [0.2, 0.25) is 5.02 Å². The summed E-state index contributed by atoms with van der Waals surface area (Å²) in [6.45, 7) is 8.36. The summed E-state index contributed by atoms with van der Waals surface area (Å²) >= 11 is 8.10. The number of hydrogen-bond acceptors (Lipinski definition) is 3. The van der Waals surface area contributed by atoms with Crippen molar-refractivity contribution in [2.24, 2.45) is 0 Å². The van der Waals surface area contributed by atoms with E-state index in [1.807, 2.05) is 17.4 Å². The van der Waals surface area contributed by atoms with Crippen molar-refractivity contribution in [2.45, 2.75) is 38.9 Å². The lowest BCUT2D eigenvalue weighted by atomic mass is 9.75. The molecule has 0 spiro atoms. The fraction of sp³-hybridized carbons (Fsp3) is 0.273. The maximum absolute atomic E-state index is 6.37. The van der Waals surface area contributed by atoms with Gasteiger partial charge >= 0.3 is 7.12 Å². The van der Waals surface area contributed by atoms with Crippen LogP contribution in [0.5, 0.6) is 0 Å². The van der Waals surface area contributed by atoms with Gasteiger partial charge in [0.1, 0.15) is 0 Å². The Morgan fingerprint density at radius 2 is 1.48 bits per heavy atom. The predicted octanol–water partition coefficient (Wildman–Crippen LogP) is 6.16. The predicted molar refractivity (Wildman–Crippen MR) is 118 cm³/mol. The van der Waals surface area contributed by atoms with Crippen LogP contribution < -0.4 is 5.46 Å². The van der Waals surface area contributed by atoms with Gasteiger partial charge in [0.15, 0.2) is 0 Å². The van der Waals surface area contributed by atoms with E-state index in [0.29, 0.717) is 0 Å². The van der Waals surface area contributed by atoms with E-state index in [0.717, 1.165) is 10.5 Å². The van der Waals surface area contributed by atoms with E-state index in [-0.39, 0.29) is 11.2 Å². The molecule has 1 aliphatic heterocycles. The van der Waals surface area contributed by atoms with Crippen LogP contribution in [-0.2, 0) is 9.31 Å². The molecule has 2 nitrogen and oxygen atoms in total. The van der Waals surface area contributed by atoms with Crippen LogP contribution in [0.1, 0.15) is 27.7 Å². The molecule has 27 heavy (non-hydrogen) atoms. The monoisotopic (exact) mass is 394 g/mol. The van der Waals surface area contributed by atoms with Crippen molar-refractivity contribution in [1.29, 1.82) is 0 Å². The molecule has 5 rings (SSSR count). The molecule has 136 valence electrons. The van der Waals surface area contributed by atoms with E-state index in [1.54, 1.807) is 0 Å². The molecule has 0 unspecified atom stereocenters. The molecule has 0 saturated carbocycles. The summed E-state index contributed by atoms with van der Waals surface area (Å²) in [6.07, 6.45) is 0. The zero-order chi connectivity index (χ0) is 19.0. The minimum atomic E-state index is -0.390. The van der Waals surface area contributed by atoms with Gasteiger partial charge in [-0.2, -0.15) is 0 Å². The van der Waals surface area contributed by atoms with Crippen molar-refractivity contribution in [1.82, 2.24) is 0 Å². The van der Waals surface area contributed by atoms with Crippen molar-refractivity contribution in [3.05, 3.63) is 53.6 Å². The van der Waals surface area contributed by atoms with E-state index in [2.05, 4.69) is 70.2 Å². The number of thiophene rings is 1. The van der Waals surface area contributed by atoms with Crippen LogP contribution in [0.4, 0.5) is 0 Å². The first-order chi connectivity index (χ1) is 12.8. The van der Waals surface area contributed by atoms with Crippen LogP contribution in [0, 0.1) is 0 Å².